The second-order valence-corrected chi connectivity index (χ2v) is 5.16. The summed E-state index contributed by atoms with van der Waals surface area (Å²) in [5, 5.41) is 18.0. The molecule has 6 nitrogen and oxygen atoms in total. The SMILES string of the molecule is O=C(O)[C@H]1C[C@@H](C(=O)O)N(C(=O)c2ccc(C(F)(F)F)cc2)C1. The van der Waals surface area contributed by atoms with Gasteiger partial charge in [0.2, 0.25) is 0 Å². The van der Waals surface area contributed by atoms with Crippen molar-refractivity contribution in [3.63, 3.8) is 0 Å². The molecule has 1 saturated heterocycles. The Morgan fingerprint density at radius 1 is 1.04 bits per heavy atom. The van der Waals surface area contributed by atoms with Crippen molar-refractivity contribution in [2.24, 2.45) is 5.92 Å². The summed E-state index contributed by atoms with van der Waals surface area (Å²) < 4.78 is 37.5. The summed E-state index contributed by atoms with van der Waals surface area (Å²) in [6.45, 7) is -0.299. The fourth-order valence-electron chi connectivity index (χ4n) is 2.44. The lowest BCUT2D eigenvalue weighted by Crippen LogP contribution is -2.40. The topological polar surface area (TPSA) is 94.9 Å². The third kappa shape index (κ3) is 3.43. The highest BCUT2D eigenvalue weighted by Gasteiger charge is 2.43. The molecule has 0 unspecified atom stereocenters. The number of carboxylic acid groups (broad SMARTS) is 2. The number of rotatable bonds is 3. The summed E-state index contributed by atoms with van der Waals surface area (Å²) in [7, 11) is 0. The number of amides is 1. The largest absolute Gasteiger partial charge is 0.481 e. The Morgan fingerprint density at radius 3 is 2.04 bits per heavy atom. The van der Waals surface area contributed by atoms with Gasteiger partial charge in [-0.25, -0.2) is 4.79 Å². The van der Waals surface area contributed by atoms with Gasteiger partial charge in [0, 0.05) is 12.1 Å². The number of carbonyl (C=O) groups excluding carboxylic acids is 1. The molecule has 1 aliphatic rings. The van der Waals surface area contributed by atoms with Gasteiger partial charge in [0.25, 0.3) is 5.91 Å². The zero-order chi connectivity index (χ0) is 17.4. The Bertz CT molecular complexity index is 641. The third-order valence-electron chi connectivity index (χ3n) is 3.66. The smallest absolute Gasteiger partial charge is 0.416 e. The summed E-state index contributed by atoms with van der Waals surface area (Å²) >= 11 is 0. The van der Waals surface area contributed by atoms with Gasteiger partial charge in [0.15, 0.2) is 0 Å². The normalized spacial score (nSPS) is 21.3. The maximum absolute atomic E-state index is 12.5. The Kier molecular flexibility index (Phi) is 4.31. The number of hydrogen-bond acceptors (Lipinski definition) is 3. The molecule has 0 spiro atoms. The molecule has 0 aliphatic carbocycles. The fourth-order valence-corrected chi connectivity index (χ4v) is 2.44. The predicted molar refractivity (Wildman–Crippen MR) is 69.6 cm³/mol. The van der Waals surface area contributed by atoms with E-state index in [0.29, 0.717) is 12.1 Å². The van der Waals surface area contributed by atoms with Gasteiger partial charge in [0.1, 0.15) is 6.04 Å². The number of carboxylic acids is 2. The Labute approximate surface area is 128 Å². The molecular weight excluding hydrogens is 319 g/mol. The molecule has 2 N–H and O–H groups in total. The lowest BCUT2D eigenvalue weighted by molar-refractivity contribution is -0.142. The molecule has 1 heterocycles. The van der Waals surface area contributed by atoms with Gasteiger partial charge < -0.3 is 15.1 Å². The summed E-state index contributed by atoms with van der Waals surface area (Å²) in [5.41, 5.74) is -1.07. The van der Waals surface area contributed by atoms with Crippen LogP contribution < -0.4 is 0 Å². The average Bonchev–Trinajstić information content (AvgIpc) is 2.91. The minimum Gasteiger partial charge on any atom is -0.481 e. The molecule has 1 amide bonds. The van der Waals surface area contributed by atoms with Crippen molar-refractivity contribution in [2.45, 2.75) is 18.6 Å². The fraction of sp³-hybridized carbons (Fsp3) is 0.357. The van der Waals surface area contributed by atoms with Gasteiger partial charge in [-0.2, -0.15) is 13.2 Å². The van der Waals surface area contributed by atoms with Crippen LogP contribution in [0.2, 0.25) is 0 Å². The number of nitrogens with zero attached hydrogens (tertiary/aromatic N) is 1. The van der Waals surface area contributed by atoms with Crippen LogP contribution in [0.4, 0.5) is 13.2 Å². The molecule has 1 aromatic rings. The lowest BCUT2D eigenvalue weighted by atomic mass is 10.1. The summed E-state index contributed by atoms with van der Waals surface area (Å²) in [5.74, 6) is -4.41. The number of likely N-dealkylation sites (tertiary alicyclic amines) is 1. The zero-order valence-corrected chi connectivity index (χ0v) is 11.6. The predicted octanol–water partition coefficient (Wildman–Crippen LogP) is 1.71. The molecule has 1 fully saturated rings. The first-order chi connectivity index (χ1) is 10.6. The van der Waals surface area contributed by atoms with Crippen molar-refractivity contribution >= 4 is 17.8 Å². The maximum atomic E-state index is 12.5. The van der Waals surface area contributed by atoms with E-state index in [-0.39, 0.29) is 18.5 Å². The van der Waals surface area contributed by atoms with E-state index in [9.17, 15) is 27.6 Å². The Balaban J connectivity index is 2.24. The number of aliphatic carboxylic acids is 2. The van der Waals surface area contributed by atoms with Crippen LogP contribution in [-0.4, -0.2) is 45.5 Å². The van der Waals surface area contributed by atoms with Gasteiger partial charge in [-0.05, 0) is 30.7 Å². The van der Waals surface area contributed by atoms with Gasteiger partial charge in [-0.15, -0.1) is 0 Å². The average molecular weight is 331 g/mol. The monoisotopic (exact) mass is 331 g/mol. The molecule has 124 valence electrons. The van der Waals surface area contributed by atoms with Gasteiger partial charge in [-0.3, -0.25) is 9.59 Å². The Morgan fingerprint density at radius 2 is 1.61 bits per heavy atom. The Hall–Kier alpha value is -2.58. The van der Waals surface area contributed by atoms with Crippen LogP contribution in [0.25, 0.3) is 0 Å². The standard InChI is InChI=1S/C14H12F3NO5/c15-14(16,17)9-3-1-7(2-4-9)11(19)18-6-8(12(20)21)5-10(18)13(22)23/h1-4,8,10H,5-6H2,(H,20,21)(H,22,23)/t8-,10-/m0/s1. The molecule has 23 heavy (non-hydrogen) atoms. The van der Waals surface area contributed by atoms with Crippen LogP contribution in [-0.2, 0) is 15.8 Å². The zero-order valence-electron chi connectivity index (χ0n) is 11.6. The van der Waals surface area contributed by atoms with Gasteiger partial charge >= 0.3 is 18.1 Å². The first-order valence-electron chi connectivity index (χ1n) is 6.55. The van der Waals surface area contributed by atoms with Crippen molar-refractivity contribution in [1.82, 2.24) is 4.90 Å². The second-order valence-electron chi connectivity index (χ2n) is 5.16. The molecule has 0 saturated carbocycles. The minimum atomic E-state index is -4.55. The highest BCUT2D eigenvalue weighted by molar-refractivity contribution is 5.97. The van der Waals surface area contributed by atoms with Crippen molar-refractivity contribution in [3.05, 3.63) is 35.4 Å². The highest BCUT2D eigenvalue weighted by Crippen LogP contribution is 2.30. The van der Waals surface area contributed by atoms with Crippen LogP contribution in [0.3, 0.4) is 0 Å². The number of alkyl halides is 3. The van der Waals surface area contributed by atoms with Crippen molar-refractivity contribution in [1.29, 1.82) is 0 Å². The second kappa shape index (κ2) is 5.90. The van der Waals surface area contributed by atoms with E-state index in [4.69, 9.17) is 10.2 Å². The van der Waals surface area contributed by atoms with Gasteiger partial charge in [-0.1, -0.05) is 0 Å². The molecule has 1 aromatic carbocycles. The number of benzene rings is 1. The molecule has 2 rings (SSSR count). The molecule has 0 bridgehead atoms. The quantitative estimate of drug-likeness (QED) is 0.879. The van der Waals surface area contributed by atoms with Crippen molar-refractivity contribution < 1.29 is 37.8 Å². The van der Waals surface area contributed by atoms with E-state index in [1.807, 2.05) is 0 Å². The van der Waals surface area contributed by atoms with E-state index in [2.05, 4.69) is 0 Å². The van der Waals surface area contributed by atoms with E-state index < -0.39 is 41.5 Å². The van der Waals surface area contributed by atoms with Gasteiger partial charge in [0.05, 0.1) is 11.5 Å². The van der Waals surface area contributed by atoms with Crippen molar-refractivity contribution in [2.75, 3.05) is 6.54 Å². The van der Waals surface area contributed by atoms with Crippen LogP contribution in [0, 0.1) is 5.92 Å². The first-order valence-corrected chi connectivity index (χ1v) is 6.55. The summed E-state index contributed by atoms with van der Waals surface area (Å²) in [6, 6.07) is 2.00. The number of carbonyl (C=O) groups is 3. The number of hydrogen-bond donors (Lipinski definition) is 2. The molecule has 0 radical (unpaired) electrons. The lowest BCUT2D eigenvalue weighted by Gasteiger charge is -2.21. The number of halogens is 3. The van der Waals surface area contributed by atoms with Crippen LogP contribution in [0.15, 0.2) is 24.3 Å². The molecule has 9 heteroatoms. The van der Waals surface area contributed by atoms with E-state index in [1.165, 1.54) is 0 Å². The molecule has 1 aliphatic heterocycles. The highest BCUT2D eigenvalue weighted by atomic mass is 19.4. The van der Waals surface area contributed by atoms with Crippen molar-refractivity contribution in [3.8, 4) is 0 Å². The third-order valence-corrected chi connectivity index (χ3v) is 3.66. The van der Waals surface area contributed by atoms with Crippen LogP contribution in [0.1, 0.15) is 22.3 Å². The minimum absolute atomic E-state index is 0.129. The molecule has 2 atom stereocenters. The van der Waals surface area contributed by atoms with Crippen LogP contribution >= 0.6 is 0 Å². The van der Waals surface area contributed by atoms with E-state index in [1.54, 1.807) is 0 Å². The first kappa shape index (κ1) is 16.8. The molecular formula is C14H12F3NO5. The van der Waals surface area contributed by atoms with E-state index >= 15 is 0 Å². The molecule has 0 aromatic heterocycles. The maximum Gasteiger partial charge on any atom is 0.416 e. The van der Waals surface area contributed by atoms with E-state index in [0.717, 1.165) is 17.0 Å². The summed E-state index contributed by atoms with van der Waals surface area (Å²) in [6.07, 6.45) is -4.79. The van der Waals surface area contributed by atoms with Crippen LogP contribution in [0.5, 0.6) is 0 Å². The summed E-state index contributed by atoms with van der Waals surface area (Å²) in [4.78, 5) is 35.3.